The van der Waals surface area contributed by atoms with Crippen molar-refractivity contribution in [1.82, 2.24) is 0 Å². The summed E-state index contributed by atoms with van der Waals surface area (Å²) in [7, 11) is 0. The second-order valence-electron chi connectivity index (χ2n) is 3.35. The van der Waals surface area contributed by atoms with Gasteiger partial charge in [-0.3, -0.25) is 4.79 Å². The van der Waals surface area contributed by atoms with Gasteiger partial charge in [-0.2, -0.15) is 0 Å². The Morgan fingerprint density at radius 1 is 1.70 bits per heavy atom. The van der Waals surface area contributed by atoms with Crippen molar-refractivity contribution in [2.75, 3.05) is 0 Å². The molecule has 58 valence electrons. The topological polar surface area (TPSA) is 37.3 Å². The van der Waals surface area contributed by atoms with E-state index in [1.165, 1.54) is 13.8 Å². The van der Waals surface area contributed by atoms with Gasteiger partial charge in [-0.25, -0.2) is 4.39 Å². The van der Waals surface area contributed by atoms with E-state index in [-0.39, 0.29) is 5.92 Å². The zero-order valence-corrected chi connectivity index (χ0v) is 6.10. The fourth-order valence-electron chi connectivity index (χ4n) is 1.23. The molecule has 0 aromatic heterocycles. The van der Waals surface area contributed by atoms with Gasteiger partial charge in [0.05, 0.1) is 5.92 Å². The number of carbonyl (C=O) groups is 1. The van der Waals surface area contributed by atoms with Crippen molar-refractivity contribution in [2.45, 2.75) is 25.9 Å². The van der Waals surface area contributed by atoms with Crippen LogP contribution in [0.2, 0.25) is 0 Å². The van der Waals surface area contributed by atoms with Gasteiger partial charge in [0.2, 0.25) is 0 Å². The molecule has 0 saturated heterocycles. The maximum atomic E-state index is 12.9. The van der Waals surface area contributed by atoms with Gasteiger partial charge in [-0.1, -0.05) is 0 Å². The Balaban J connectivity index is 2.46. The minimum Gasteiger partial charge on any atom is -0.481 e. The van der Waals surface area contributed by atoms with E-state index in [0.717, 1.165) is 0 Å². The van der Waals surface area contributed by atoms with E-state index in [9.17, 15) is 9.18 Å². The second-order valence-corrected chi connectivity index (χ2v) is 3.35. The molecule has 2 unspecified atom stereocenters. The largest absolute Gasteiger partial charge is 0.481 e. The monoisotopic (exact) mass is 146 g/mol. The first-order valence-electron chi connectivity index (χ1n) is 3.34. The first-order chi connectivity index (χ1) is 4.43. The number of hydrogen-bond acceptors (Lipinski definition) is 1. The molecule has 0 amide bonds. The SMILES string of the molecule is CC(C)(F)C1CC1C(=O)O. The molecule has 1 aliphatic carbocycles. The minimum absolute atomic E-state index is 0.259. The van der Waals surface area contributed by atoms with Gasteiger partial charge in [-0.15, -0.1) is 0 Å². The molecule has 1 aliphatic rings. The molecular weight excluding hydrogens is 135 g/mol. The molecule has 0 aliphatic heterocycles. The van der Waals surface area contributed by atoms with Crippen LogP contribution in [0.5, 0.6) is 0 Å². The van der Waals surface area contributed by atoms with E-state index in [1.54, 1.807) is 0 Å². The molecule has 1 fully saturated rings. The minimum atomic E-state index is -1.32. The lowest BCUT2D eigenvalue weighted by atomic mass is 10.0. The number of halogens is 1. The van der Waals surface area contributed by atoms with E-state index >= 15 is 0 Å². The number of carboxylic acid groups (broad SMARTS) is 1. The normalized spacial score (nSPS) is 31.9. The molecule has 0 spiro atoms. The molecule has 2 atom stereocenters. The van der Waals surface area contributed by atoms with Crippen molar-refractivity contribution >= 4 is 5.97 Å². The highest BCUT2D eigenvalue weighted by molar-refractivity contribution is 5.73. The fraction of sp³-hybridized carbons (Fsp3) is 0.857. The van der Waals surface area contributed by atoms with Crippen LogP contribution in [-0.4, -0.2) is 16.7 Å². The Morgan fingerprint density at radius 2 is 2.20 bits per heavy atom. The summed E-state index contributed by atoms with van der Waals surface area (Å²) >= 11 is 0. The lowest BCUT2D eigenvalue weighted by Crippen LogP contribution is -2.18. The average Bonchev–Trinajstić information content (AvgIpc) is 2.35. The molecule has 1 N–H and O–H groups in total. The van der Waals surface area contributed by atoms with Crippen LogP contribution in [0.1, 0.15) is 20.3 Å². The van der Waals surface area contributed by atoms with Gasteiger partial charge >= 0.3 is 5.97 Å². The molecule has 1 saturated carbocycles. The maximum Gasteiger partial charge on any atom is 0.306 e. The predicted molar refractivity (Wildman–Crippen MR) is 34.4 cm³/mol. The molecule has 0 aromatic carbocycles. The van der Waals surface area contributed by atoms with Gasteiger partial charge in [0.25, 0.3) is 0 Å². The summed E-state index contributed by atoms with van der Waals surface area (Å²) in [5, 5.41) is 8.42. The summed E-state index contributed by atoms with van der Waals surface area (Å²) in [6.07, 6.45) is 0.499. The average molecular weight is 146 g/mol. The van der Waals surface area contributed by atoms with Crippen molar-refractivity contribution in [3.8, 4) is 0 Å². The van der Waals surface area contributed by atoms with E-state index in [0.29, 0.717) is 6.42 Å². The Labute approximate surface area is 59.0 Å². The third kappa shape index (κ3) is 1.28. The van der Waals surface area contributed by atoms with Crippen molar-refractivity contribution in [1.29, 1.82) is 0 Å². The number of rotatable bonds is 2. The first-order valence-corrected chi connectivity index (χ1v) is 3.34. The van der Waals surface area contributed by atoms with Gasteiger partial charge in [0.1, 0.15) is 5.67 Å². The van der Waals surface area contributed by atoms with Gasteiger partial charge < -0.3 is 5.11 Å². The Bertz CT molecular complexity index is 159. The highest BCUT2D eigenvalue weighted by Crippen LogP contribution is 2.47. The lowest BCUT2D eigenvalue weighted by Gasteiger charge is -2.11. The molecule has 0 heterocycles. The Kier molecular flexibility index (Phi) is 1.46. The summed E-state index contributed by atoms with van der Waals surface area (Å²) in [6, 6.07) is 0. The first kappa shape index (κ1) is 7.51. The molecule has 0 radical (unpaired) electrons. The van der Waals surface area contributed by atoms with Crippen LogP contribution in [-0.2, 0) is 4.79 Å². The summed E-state index contributed by atoms with van der Waals surface area (Å²) in [5.74, 6) is -1.55. The van der Waals surface area contributed by atoms with Crippen LogP contribution in [0.3, 0.4) is 0 Å². The highest BCUT2D eigenvalue weighted by Gasteiger charge is 2.52. The third-order valence-electron chi connectivity index (χ3n) is 1.99. The van der Waals surface area contributed by atoms with Crippen molar-refractivity contribution in [2.24, 2.45) is 11.8 Å². The van der Waals surface area contributed by atoms with Crippen molar-refractivity contribution in [3.63, 3.8) is 0 Å². The van der Waals surface area contributed by atoms with E-state index in [1.807, 2.05) is 0 Å². The molecule has 2 nitrogen and oxygen atoms in total. The summed E-state index contributed by atoms with van der Waals surface area (Å²) in [4.78, 5) is 10.3. The molecular formula is C7H11FO2. The van der Waals surface area contributed by atoms with Crippen LogP contribution >= 0.6 is 0 Å². The van der Waals surface area contributed by atoms with Gasteiger partial charge in [0.15, 0.2) is 0 Å². The smallest absolute Gasteiger partial charge is 0.306 e. The van der Waals surface area contributed by atoms with Crippen molar-refractivity contribution in [3.05, 3.63) is 0 Å². The van der Waals surface area contributed by atoms with Crippen LogP contribution < -0.4 is 0 Å². The van der Waals surface area contributed by atoms with Crippen LogP contribution in [0, 0.1) is 11.8 Å². The number of aliphatic carboxylic acids is 1. The van der Waals surface area contributed by atoms with E-state index in [2.05, 4.69) is 0 Å². The van der Waals surface area contributed by atoms with Crippen molar-refractivity contribution < 1.29 is 14.3 Å². The van der Waals surface area contributed by atoms with Gasteiger partial charge in [-0.05, 0) is 20.3 Å². The summed E-state index contributed by atoms with van der Waals surface area (Å²) in [5.41, 5.74) is -1.32. The molecule has 0 bridgehead atoms. The van der Waals surface area contributed by atoms with Crippen LogP contribution in [0.25, 0.3) is 0 Å². The molecule has 0 aromatic rings. The summed E-state index contributed by atoms with van der Waals surface area (Å²) in [6.45, 7) is 2.86. The zero-order valence-electron chi connectivity index (χ0n) is 6.10. The second kappa shape index (κ2) is 1.94. The number of carboxylic acids is 1. The Hall–Kier alpha value is -0.600. The fourth-order valence-corrected chi connectivity index (χ4v) is 1.23. The van der Waals surface area contributed by atoms with Crippen LogP contribution in [0.4, 0.5) is 4.39 Å². The summed E-state index contributed by atoms with van der Waals surface area (Å²) < 4.78 is 12.9. The van der Waals surface area contributed by atoms with Gasteiger partial charge in [0, 0.05) is 5.92 Å². The third-order valence-corrected chi connectivity index (χ3v) is 1.99. The maximum absolute atomic E-state index is 12.9. The van der Waals surface area contributed by atoms with E-state index < -0.39 is 17.6 Å². The quantitative estimate of drug-likeness (QED) is 0.640. The van der Waals surface area contributed by atoms with E-state index in [4.69, 9.17) is 5.11 Å². The number of hydrogen-bond donors (Lipinski definition) is 1. The Morgan fingerprint density at radius 3 is 2.30 bits per heavy atom. The highest BCUT2D eigenvalue weighted by atomic mass is 19.1. The standard InChI is InChI=1S/C7H11FO2/c1-7(2,8)5-3-4(5)6(9)10/h4-5H,3H2,1-2H3,(H,9,10). The lowest BCUT2D eigenvalue weighted by molar-refractivity contribution is -0.139. The molecule has 1 rings (SSSR count). The molecule has 3 heteroatoms. The zero-order chi connectivity index (χ0) is 7.94. The number of alkyl halides is 1. The predicted octanol–water partition coefficient (Wildman–Crippen LogP) is 1.46. The molecule has 10 heavy (non-hydrogen) atoms. The van der Waals surface area contributed by atoms with Crippen LogP contribution in [0.15, 0.2) is 0 Å².